The first-order valence-electron chi connectivity index (χ1n) is 14.1. The van der Waals surface area contributed by atoms with Gasteiger partial charge < -0.3 is 20.4 Å². The molecule has 0 aromatic carbocycles. The third kappa shape index (κ3) is 4.11. The largest absolute Gasteiger partial charge is 0.393 e. The Morgan fingerprint density at radius 3 is 2.18 bits per heavy atom. The van der Waals surface area contributed by atoms with E-state index >= 15 is 0 Å². The average Bonchev–Trinajstić information content (AvgIpc) is 3.03. The third-order valence-electron chi connectivity index (χ3n) is 11.7. The van der Waals surface area contributed by atoms with Crippen molar-refractivity contribution in [2.24, 2.45) is 58.2 Å². The molecule has 0 bridgehead atoms. The summed E-state index contributed by atoms with van der Waals surface area (Å²) in [6.07, 6.45) is 4.21. The molecule has 196 valence electrons. The molecule has 0 aliphatic heterocycles. The molecule has 4 aliphatic rings. The van der Waals surface area contributed by atoms with Crippen LogP contribution in [0, 0.1) is 58.2 Å². The number of carbonyl (C=O) groups excluding carboxylic acids is 1. The normalized spacial score (nSPS) is 49.2. The highest BCUT2D eigenvalue weighted by Gasteiger charge is 2.67. The van der Waals surface area contributed by atoms with Crippen molar-refractivity contribution in [3.63, 3.8) is 0 Å². The van der Waals surface area contributed by atoms with E-state index in [9.17, 15) is 25.2 Å². The van der Waals surface area contributed by atoms with Gasteiger partial charge in [0, 0.05) is 18.3 Å². The van der Waals surface area contributed by atoms with Crippen LogP contribution in [0.25, 0.3) is 0 Å². The molecule has 13 atom stereocenters. The highest BCUT2D eigenvalue weighted by atomic mass is 16.3. The first kappa shape index (κ1) is 26.6. The van der Waals surface area contributed by atoms with Crippen LogP contribution in [0.3, 0.4) is 0 Å². The quantitative estimate of drug-likeness (QED) is 0.459. The minimum atomic E-state index is -0.892. The molecule has 34 heavy (non-hydrogen) atoms. The van der Waals surface area contributed by atoms with Gasteiger partial charge in [-0.15, -0.1) is 0 Å². The molecule has 4 fully saturated rings. The first-order chi connectivity index (χ1) is 15.8. The number of Topliss-reactive ketones (excluding diaryl/α,β-unsaturated/α-hetero) is 1. The fourth-order valence-corrected chi connectivity index (χ4v) is 9.70. The standard InChI is InChI=1S/C29H50O5/c1-15(2)19(17(4)30)8-7-16(3)21-14-23(32)25-24-20(10-12-29(21,25)6)28(5)11-9-18(31)13-22(28)26(33)27(24)34/h15-22,24-27,30-31,33-34H,7-14H2,1-6H3/t16-,17?,18+,19?,20+,21-,22-,24-,25-,26-,27-,28-,29-/m1/s1. The molecule has 5 heteroatoms. The molecule has 2 unspecified atom stereocenters. The third-order valence-corrected chi connectivity index (χ3v) is 11.7. The summed E-state index contributed by atoms with van der Waals surface area (Å²) in [5.74, 6) is 1.41. The van der Waals surface area contributed by atoms with Crippen molar-refractivity contribution in [1.29, 1.82) is 0 Å². The van der Waals surface area contributed by atoms with E-state index < -0.39 is 18.3 Å². The van der Waals surface area contributed by atoms with Crippen LogP contribution in [0.5, 0.6) is 0 Å². The van der Waals surface area contributed by atoms with Crippen molar-refractivity contribution in [2.45, 2.75) is 117 Å². The number of hydrogen-bond donors (Lipinski definition) is 4. The number of rotatable bonds is 6. The van der Waals surface area contributed by atoms with E-state index in [1.165, 1.54) is 0 Å². The van der Waals surface area contributed by atoms with Gasteiger partial charge in [-0.3, -0.25) is 4.79 Å². The Labute approximate surface area is 206 Å². The molecular weight excluding hydrogens is 428 g/mol. The Morgan fingerprint density at radius 2 is 1.56 bits per heavy atom. The number of fused-ring (bicyclic) bond motifs is 5. The van der Waals surface area contributed by atoms with Gasteiger partial charge in [0.25, 0.3) is 0 Å². The SMILES string of the molecule is CC(C)C(CC[C@@H](C)[C@H]1CC(=O)[C@@H]2[C@@H]3[C@@H](O)[C@H](O)[C@H]4C[C@@H](O)CC[C@]4(C)[C@H]3CC[C@]12C)C(C)O. The number of carbonyl (C=O) groups is 1. The van der Waals surface area contributed by atoms with Crippen LogP contribution in [-0.4, -0.2) is 50.6 Å². The van der Waals surface area contributed by atoms with Gasteiger partial charge >= 0.3 is 0 Å². The lowest BCUT2D eigenvalue weighted by Crippen LogP contribution is -2.64. The van der Waals surface area contributed by atoms with Crippen molar-refractivity contribution in [1.82, 2.24) is 0 Å². The zero-order valence-corrected chi connectivity index (χ0v) is 22.3. The number of aliphatic hydroxyl groups is 4. The number of hydrogen-bond acceptors (Lipinski definition) is 5. The zero-order valence-electron chi connectivity index (χ0n) is 22.3. The maximum absolute atomic E-state index is 13.6. The Balaban J connectivity index is 1.57. The van der Waals surface area contributed by atoms with Crippen molar-refractivity contribution >= 4 is 5.78 Å². The smallest absolute Gasteiger partial charge is 0.137 e. The second-order valence-electron chi connectivity index (χ2n) is 13.7. The summed E-state index contributed by atoms with van der Waals surface area (Å²) in [5, 5.41) is 43.1. The van der Waals surface area contributed by atoms with Crippen molar-refractivity contribution in [3.8, 4) is 0 Å². The van der Waals surface area contributed by atoms with E-state index in [-0.39, 0.29) is 58.2 Å². The molecule has 0 aromatic heterocycles. The van der Waals surface area contributed by atoms with Crippen LogP contribution in [0.1, 0.15) is 92.9 Å². The molecule has 4 rings (SSSR count). The Bertz CT molecular complexity index is 743. The minimum Gasteiger partial charge on any atom is -0.393 e. The van der Waals surface area contributed by atoms with E-state index in [1.54, 1.807) is 0 Å². The fraction of sp³-hybridized carbons (Fsp3) is 0.966. The maximum atomic E-state index is 13.6. The predicted molar refractivity (Wildman–Crippen MR) is 133 cm³/mol. The Kier molecular flexibility index (Phi) is 7.37. The van der Waals surface area contributed by atoms with Crippen LogP contribution in [0.15, 0.2) is 0 Å². The van der Waals surface area contributed by atoms with Crippen molar-refractivity contribution in [2.75, 3.05) is 0 Å². The molecule has 4 aliphatic carbocycles. The molecule has 0 saturated heterocycles. The van der Waals surface area contributed by atoms with Crippen LogP contribution in [-0.2, 0) is 4.79 Å². The summed E-state index contributed by atoms with van der Waals surface area (Å²) in [7, 11) is 0. The van der Waals surface area contributed by atoms with Crippen LogP contribution in [0.2, 0.25) is 0 Å². The first-order valence-corrected chi connectivity index (χ1v) is 14.1. The van der Waals surface area contributed by atoms with Gasteiger partial charge in [-0.1, -0.05) is 41.0 Å². The van der Waals surface area contributed by atoms with E-state index in [2.05, 4.69) is 34.6 Å². The lowest BCUT2D eigenvalue weighted by Gasteiger charge is -2.63. The molecule has 0 spiro atoms. The van der Waals surface area contributed by atoms with Gasteiger partial charge in [0.05, 0.1) is 24.4 Å². The summed E-state index contributed by atoms with van der Waals surface area (Å²) < 4.78 is 0. The second-order valence-corrected chi connectivity index (χ2v) is 13.7. The van der Waals surface area contributed by atoms with Gasteiger partial charge in [-0.25, -0.2) is 0 Å². The summed E-state index contributed by atoms with van der Waals surface area (Å²) in [6, 6.07) is 0. The molecule has 0 amide bonds. The van der Waals surface area contributed by atoms with Gasteiger partial charge in [0.1, 0.15) is 5.78 Å². The lowest BCUT2D eigenvalue weighted by atomic mass is 9.43. The molecular formula is C29H50O5. The van der Waals surface area contributed by atoms with Crippen LogP contribution >= 0.6 is 0 Å². The molecule has 0 aromatic rings. The van der Waals surface area contributed by atoms with Gasteiger partial charge in [0.15, 0.2) is 0 Å². The molecule has 4 saturated carbocycles. The van der Waals surface area contributed by atoms with E-state index in [0.717, 1.165) is 38.5 Å². The molecule has 0 heterocycles. The van der Waals surface area contributed by atoms with E-state index in [0.29, 0.717) is 24.7 Å². The topological polar surface area (TPSA) is 98.0 Å². The average molecular weight is 479 g/mol. The van der Waals surface area contributed by atoms with Gasteiger partial charge in [-0.2, -0.15) is 0 Å². The Hall–Kier alpha value is -0.490. The zero-order chi connectivity index (χ0) is 25.2. The van der Waals surface area contributed by atoms with Gasteiger partial charge in [-0.05, 0) is 91.8 Å². The van der Waals surface area contributed by atoms with E-state index in [4.69, 9.17) is 0 Å². The van der Waals surface area contributed by atoms with E-state index in [1.807, 2.05) is 6.92 Å². The highest BCUT2D eigenvalue weighted by Crippen LogP contribution is 2.67. The van der Waals surface area contributed by atoms with Crippen LogP contribution < -0.4 is 0 Å². The monoisotopic (exact) mass is 478 g/mol. The summed E-state index contributed by atoms with van der Waals surface area (Å²) >= 11 is 0. The fourth-order valence-electron chi connectivity index (χ4n) is 9.70. The number of aliphatic hydroxyl groups excluding tert-OH is 4. The minimum absolute atomic E-state index is 0.100. The van der Waals surface area contributed by atoms with Crippen molar-refractivity contribution < 1.29 is 25.2 Å². The Morgan fingerprint density at radius 1 is 0.912 bits per heavy atom. The lowest BCUT2D eigenvalue weighted by molar-refractivity contribution is -0.222. The van der Waals surface area contributed by atoms with Crippen molar-refractivity contribution in [3.05, 3.63) is 0 Å². The summed E-state index contributed by atoms with van der Waals surface area (Å²) in [6.45, 7) is 13.1. The summed E-state index contributed by atoms with van der Waals surface area (Å²) in [5.41, 5.74) is -0.274. The highest BCUT2D eigenvalue weighted by molar-refractivity contribution is 5.85. The predicted octanol–water partition coefficient (Wildman–Crippen LogP) is 4.20. The van der Waals surface area contributed by atoms with Crippen LogP contribution in [0.4, 0.5) is 0 Å². The maximum Gasteiger partial charge on any atom is 0.137 e. The number of ketones is 1. The molecule has 0 radical (unpaired) electrons. The second kappa shape index (κ2) is 9.43. The summed E-state index contributed by atoms with van der Waals surface area (Å²) in [4.78, 5) is 13.6. The molecule has 4 N–H and O–H groups in total. The van der Waals surface area contributed by atoms with Gasteiger partial charge in [0.2, 0.25) is 0 Å². The molecule has 5 nitrogen and oxygen atoms in total.